The highest BCUT2D eigenvalue weighted by atomic mass is 16.5. The van der Waals surface area contributed by atoms with Gasteiger partial charge in [0, 0.05) is 18.7 Å². The van der Waals surface area contributed by atoms with Gasteiger partial charge in [0.15, 0.2) is 0 Å². The lowest BCUT2D eigenvalue weighted by Gasteiger charge is -2.27. The second-order valence-electron chi connectivity index (χ2n) is 8.24. The lowest BCUT2D eigenvalue weighted by Crippen LogP contribution is -2.30. The summed E-state index contributed by atoms with van der Waals surface area (Å²) in [4.78, 5) is 24.7. The van der Waals surface area contributed by atoms with Crippen molar-refractivity contribution in [2.75, 3.05) is 23.3 Å². The molecule has 0 atom stereocenters. The van der Waals surface area contributed by atoms with Gasteiger partial charge in [0.2, 0.25) is 0 Å². The van der Waals surface area contributed by atoms with Crippen molar-refractivity contribution in [3.63, 3.8) is 0 Å². The van der Waals surface area contributed by atoms with E-state index in [-0.39, 0.29) is 5.91 Å². The van der Waals surface area contributed by atoms with Gasteiger partial charge in [-0.3, -0.25) is 4.79 Å². The summed E-state index contributed by atoms with van der Waals surface area (Å²) in [7, 11) is 0. The number of anilines is 2. The molecule has 1 saturated heterocycles. The maximum Gasteiger partial charge on any atom is 0.259 e. The van der Waals surface area contributed by atoms with Crippen molar-refractivity contribution in [3.8, 4) is 11.3 Å². The second-order valence-corrected chi connectivity index (χ2v) is 8.24. The first-order valence-corrected chi connectivity index (χ1v) is 10.9. The summed E-state index contributed by atoms with van der Waals surface area (Å²) in [6.07, 6.45) is 5.35. The molecule has 0 bridgehead atoms. The molecule has 1 fully saturated rings. The van der Waals surface area contributed by atoms with Gasteiger partial charge >= 0.3 is 0 Å². The number of aryl methyl sites for hydroxylation is 3. The van der Waals surface area contributed by atoms with Crippen LogP contribution in [0.4, 0.5) is 11.5 Å². The van der Waals surface area contributed by atoms with Gasteiger partial charge in [-0.25, -0.2) is 9.97 Å². The van der Waals surface area contributed by atoms with Crippen LogP contribution in [0.3, 0.4) is 0 Å². The summed E-state index contributed by atoms with van der Waals surface area (Å²) in [5.41, 5.74) is 3.44. The quantitative estimate of drug-likeness (QED) is 0.483. The molecule has 8 heteroatoms. The van der Waals surface area contributed by atoms with E-state index in [2.05, 4.69) is 25.3 Å². The molecule has 0 aromatic carbocycles. The second kappa shape index (κ2) is 8.11. The third-order valence-corrected chi connectivity index (χ3v) is 5.86. The van der Waals surface area contributed by atoms with Crippen LogP contribution < -0.4 is 10.2 Å². The van der Waals surface area contributed by atoms with Crippen molar-refractivity contribution >= 4 is 28.5 Å². The van der Waals surface area contributed by atoms with Gasteiger partial charge in [-0.05, 0) is 64.3 Å². The molecular weight excluding hydrogens is 406 g/mol. The lowest BCUT2D eigenvalue weighted by atomic mass is 10.1. The molecule has 1 aliphatic heterocycles. The Kier molecular flexibility index (Phi) is 5.13. The Balaban J connectivity index is 1.46. The Morgan fingerprint density at radius 1 is 1.09 bits per heavy atom. The summed E-state index contributed by atoms with van der Waals surface area (Å²) in [6.45, 7) is 7.59. The van der Waals surface area contributed by atoms with E-state index in [9.17, 15) is 4.79 Å². The first-order valence-electron chi connectivity index (χ1n) is 10.9. The number of rotatable bonds is 4. The zero-order valence-corrected chi connectivity index (χ0v) is 18.4. The number of amides is 1. The molecule has 0 spiro atoms. The maximum atomic E-state index is 13.3. The van der Waals surface area contributed by atoms with E-state index in [0.29, 0.717) is 33.7 Å². The number of furan rings is 1. The first-order chi connectivity index (χ1) is 15.5. The number of piperidine rings is 1. The summed E-state index contributed by atoms with van der Waals surface area (Å²) in [5.74, 6) is 2.18. The fourth-order valence-corrected chi connectivity index (χ4v) is 4.27. The third-order valence-electron chi connectivity index (χ3n) is 5.86. The largest absolute Gasteiger partial charge is 0.466 e. The molecule has 5 heterocycles. The van der Waals surface area contributed by atoms with E-state index in [4.69, 9.17) is 8.94 Å². The van der Waals surface area contributed by atoms with Gasteiger partial charge in [0.05, 0.1) is 34.2 Å². The number of carbonyl (C=O) groups excluding carboxylic acids is 1. The number of nitrogens with zero attached hydrogens (tertiary/aromatic N) is 4. The zero-order chi connectivity index (χ0) is 22.2. The highest BCUT2D eigenvalue weighted by Gasteiger charge is 2.21. The highest BCUT2D eigenvalue weighted by Crippen LogP contribution is 2.31. The van der Waals surface area contributed by atoms with Crippen LogP contribution in [-0.4, -0.2) is 34.1 Å². The van der Waals surface area contributed by atoms with E-state index in [1.54, 1.807) is 19.2 Å². The van der Waals surface area contributed by atoms with Crippen molar-refractivity contribution in [1.82, 2.24) is 15.1 Å². The van der Waals surface area contributed by atoms with Crippen LogP contribution in [0, 0.1) is 20.8 Å². The molecule has 5 rings (SSSR count). The normalized spacial score (nSPS) is 14.2. The standard InChI is InChI=1S/C24H25N5O3/c1-14-11-18(16(3)31-14)20-12-19(22-15(2)28-32-24(22)27-20)23(30)26-17-7-8-21(25-13-17)29-9-5-4-6-10-29/h7-8,11-13H,4-6,9-10H2,1-3H3,(H,26,30). The third kappa shape index (κ3) is 3.72. The van der Waals surface area contributed by atoms with E-state index in [1.165, 1.54) is 19.3 Å². The van der Waals surface area contributed by atoms with Crippen LogP contribution in [0.5, 0.6) is 0 Å². The summed E-state index contributed by atoms with van der Waals surface area (Å²) in [6, 6.07) is 7.50. The Morgan fingerprint density at radius 2 is 1.91 bits per heavy atom. The zero-order valence-electron chi connectivity index (χ0n) is 18.4. The number of pyridine rings is 2. The molecule has 8 nitrogen and oxygen atoms in total. The van der Waals surface area contributed by atoms with Gasteiger partial charge in [0.1, 0.15) is 17.3 Å². The predicted octanol–water partition coefficient (Wildman–Crippen LogP) is 5.05. The highest BCUT2D eigenvalue weighted by molar-refractivity contribution is 6.13. The minimum atomic E-state index is -0.268. The summed E-state index contributed by atoms with van der Waals surface area (Å²) >= 11 is 0. The molecular formula is C24H25N5O3. The Bertz CT molecular complexity index is 1280. The van der Waals surface area contributed by atoms with Gasteiger partial charge < -0.3 is 19.2 Å². The molecule has 0 saturated carbocycles. The fourth-order valence-electron chi connectivity index (χ4n) is 4.27. The minimum Gasteiger partial charge on any atom is -0.466 e. The molecule has 0 radical (unpaired) electrons. The van der Waals surface area contributed by atoms with Crippen molar-refractivity contribution < 1.29 is 13.7 Å². The van der Waals surface area contributed by atoms with Crippen LogP contribution in [0.15, 0.2) is 39.4 Å². The number of hydrogen-bond acceptors (Lipinski definition) is 7. The maximum absolute atomic E-state index is 13.3. The number of nitrogens with one attached hydrogen (secondary N) is 1. The lowest BCUT2D eigenvalue weighted by molar-refractivity contribution is 0.102. The van der Waals surface area contributed by atoms with Crippen LogP contribution in [0.2, 0.25) is 0 Å². The van der Waals surface area contributed by atoms with Gasteiger partial charge in [-0.15, -0.1) is 0 Å². The number of hydrogen-bond donors (Lipinski definition) is 1. The molecule has 164 valence electrons. The predicted molar refractivity (Wildman–Crippen MR) is 122 cm³/mol. The molecule has 4 aromatic rings. The van der Waals surface area contributed by atoms with Crippen molar-refractivity contribution in [2.24, 2.45) is 0 Å². The van der Waals surface area contributed by atoms with E-state index in [1.807, 2.05) is 32.0 Å². The van der Waals surface area contributed by atoms with E-state index < -0.39 is 0 Å². The Morgan fingerprint density at radius 3 is 2.59 bits per heavy atom. The molecule has 1 aliphatic rings. The molecule has 0 unspecified atom stereocenters. The average molecular weight is 431 g/mol. The van der Waals surface area contributed by atoms with Crippen LogP contribution in [0.1, 0.15) is 46.8 Å². The van der Waals surface area contributed by atoms with Crippen LogP contribution in [-0.2, 0) is 0 Å². The van der Waals surface area contributed by atoms with Crippen molar-refractivity contribution in [1.29, 1.82) is 0 Å². The van der Waals surface area contributed by atoms with Gasteiger partial charge in [0.25, 0.3) is 11.6 Å². The van der Waals surface area contributed by atoms with Crippen molar-refractivity contribution in [2.45, 2.75) is 40.0 Å². The van der Waals surface area contributed by atoms with E-state index >= 15 is 0 Å². The van der Waals surface area contributed by atoms with Crippen LogP contribution in [0.25, 0.3) is 22.4 Å². The first kappa shape index (κ1) is 20.2. The van der Waals surface area contributed by atoms with Gasteiger partial charge in [-0.1, -0.05) is 5.16 Å². The minimum absolute atomic E-state index is 0.268. The summed E-state index contributed by atoms with van der Waals surface area (Å²) < 4.78 is 11.0. The number of carbonyl (C=O) groups is 1. The molecule has 0 aliphatic carbocycles. The summed E-state index contributed by atoms with van der Waals surface area (Å²) in [5, 5.41) is 7.57. The smallest absolute Gasteiger partial charge is 0.259 e. The topological polar surface area (TPSA) is 97.3 Å². The monoisotopic (exact) mass is 431 g/mol. The van der Waals surface area contributed by atoms with Crippen LogP contribution >= 0.6 is 0 Å². The van der Waals surface area contributed by atoms with Gasteiger partial charge in [-0.2, -0.15) is 0 Å². The molecule has 1 N–H and O–H groups in total. The molecule has 1 amide bonds. The average Bonchev–Trinajstić information content (AvgIpc) is 3.35. The van der Waals surface area contributed by atoms with Crippen molar-refractivity contribution in [3.05, 3.63) is 53.2 Å². The molecule has 32 heavy (non-hydrogen) atoms. The Hall–Kier alpha value is -3.68. The Labute approximate surface area is 185 Å². The SMILES string of the molecule is Cc1cc(-c2cc(C(=O)Nc3ccc(N4CCCCC4)nc3)c3c(C)noc3n2)c(C)o1. The number of fused-ring (bicyclic) bond motifs is 1. The molecule has 4 aromatic heterocycles. The fraction of sp³-hybridized carbons (Fsp3) is 0.333. The van der Waals surface area contributed by atoms with E-state index in [0.717, 1.165) is 36.0 Å². The number of aromatic nitrogens is 3.